The van der Waals surface area contributed by atoms with Crippen molar-refractivity contribution >= 4 is 11.8 Å². The zero-order chi connectivity index (χ0) is 18.2. The third kappa shape index (κ3) is 5.69. The van der Waals surface area contributed by atoms with Gasteiger partial charge in [0.25, 0.3) is 0 Å². The Morgan fingerprint density at radius 3 is 2.56 bits per heavy atom. The van der Waals surface area contributed by atoms with E-state index in [1.807, 2.05) is 49.4 Å². The molecule has 0 aliphatic rings. The van der Waals surface area contributed by atoms with Crippen LogP contribution in [0.25, 0.3) is 0 Å². The Morgan fingerprint density at radius 2 is 1.92 bits per heavy atom. The van der Waals surface area contributed by atoms with E-state index in [9.17, 15) is 9.59 Å². The highest BCUT2D eigenvalue weighted by Gasteiger charge is 2.17. The van der Waals surface area contributed by atoms with Crippen LogP contribution in [0.5, 0.6) is 0 Å². The average Bonchev–Trinajstić information content (AvgIpc) is 2.64. The minimum absolute atomic E-state index is 0.0723. The first-order valence-corrected chi connectivity index (χ1v) is 8.21. The number of aryl methyl sites for hydroxylation is 1. The molecule has 0 bridgehead atoms. The van der Waals surface area contributed by atoms with Gasteiger partial charge in [0.15, 0.2) is 0 Å². The van der Waals surface area contributed by atoms with Gasteiger partial charge in [0.05, 0.1) is 6.54 Å². The molecule has 0 radical (unpaired) electrons. The maximum absolute atomic E-state index is 12.1. The number of carbonyl (C=O) groups excluding carboxylic acids is 2. The molecule has 0 saturated carbocycles. The second-order valence-electron chi connectivity index (χ2n) is 5.99. The third-order valence-corrected chi connectivity index (χ3v) is 3.99. The monoisotopic (exact) mass is 340 g/mol. The first-order chi connectivity index (χ1) is 12.0. The highest BCUT2D eigenvalue weighted by molar-refractivity contribution is 5.88. The summed E-state index contributed by atoms with van der Waals surface area (Å²) >= 11 is 0. The van der Waals surface area contributed by atoms with Gasteiger partial charge in [-0.05, 0) is 24.6 Å². The average molecular weight is 340 g/mol. The smallest absolute Gasteiger partial charge is 0.241 e. The molecule has 0 aliphatic heterocycles. The van der Waals surface area contributed by atoms with Crippen LogP contribution in [0.4, 0.5) is 0 Å². The van der Waals surface area contributed by atoms with Crippen LogP contribution in [0.2, 0.25) is 0 Å². The topological polar surface area (TPSA) is 88.3 Å². The normalized spacial score (nSPS) is 11.6. The van der Waals surface area contributed by atoms with Crippen LogP contribution in [0, 0.1) is 6.92 Å². The number of nitrogens with two attached hydrogens (primary N) is 1. The second kappa shape index (κ2) is 8.94. The Morgan fingerprint density at radius 1 is 1.20 bits per heavy atom. The van der Waals surface area contributed by atoms with Gasteiger partial charge in [-0.2, -0.15) is 0 Å². The summed E-state index contributed by atoms with van der Waals surface area (Å²) < 4.78 is 0. The van der Waals surface area contributed by atoms with Gasteiger partial charge in [0.2, 0.25) is 11.8 Å². The van der Waals surface area contributed by atoms with Crippen molar-refractivity contribution in [2.45, 2.75) is 19.4 Å². The highest BCUT2D eigenvalue weighted by Crippen LogP contribution is 2.11. The van der Waals surface area contributed by atoms with E-state index in [2.05, 4.69) is 10.3 Å². The molecule has 1 unspecified atom stereocenters. The summed E-state index contributed by atoms with van der Waals surface area (Å²) in [5, 5.41) is 2.60. The molecule has 0 fully saturated rings. The quantitative estimate of drug-likeness (QED) is 0.793. The van der Waals surface area contributed by atoms with E-state index in [4.69, 9.17) is 5.73 Å². The summed E-state index contributed by atoms with van der Waals surface area (Å²) in [7, 11) is 1.71. The molecule has 25 heavy (non-hydrogen) atoms. The van der Waals surface area contributed by atoms with Gasteiger partial charge in [-0.3, -0.25) is 14.6 Å². The molecular formula is C19H24N4O2. The molecule has 0 aliphatic carbocycles. The zero-order valence-electron chi connectivity index (χ0n) is 14.6. The lowest BCUT2D eigenvalue weighted by atomic mass is 10.1. The van der Waals surface area contributed by atoms with Crippen LogP contribution in [-0.2, 0) is 16.0 Å². The van der Waals surface area contributed by atoms with Crippen molar-refractivity contribution in [2.24, 2.45) is 5.73 Å². The molecule has 1 aromatic carbocycles. The Balaban J connectivity index is 1.78. The van der Waals surface area contributed by atoms with Gasteiger partial charge in [-0.25, -0.2) is 0 Å². The summed E-state index contributed by atoms with van der Waals surface area (Å²) in [6.07, 6.45) is 2.39. The van der Waals surface area contributed by atoms with Crippen LogP contribution in [0.3, 0.4) is 0 Å². The van der Waals surface area contributed by atoms with Crippen molar-refractivity contribution in [1.82, 2.24) is 15.2 Å². The molecule has 3 N–H and O–H groups in total. The predicted molar refractivity (Wildman–Crippen MR) is 96.7 cm³/mol. The van der Waals surface area contributed by atoms with Gasteiger partial charge in [-0.1, -0.05) is 35.9 Å². The first kappa shape index (κ1) is 18.6. The molecule has 1 aromatic heterocycles. The molecule has 1 heterocycles. The van der Waals surface area contributed by atoms with Gasteiger partial charge in [0, 0.05) is 31.9 Å². The number of hydrogen-bond donors (Lipinski definition) is 2. The van der Waals surface area contributed by atoms with E-state index in [1.54, 1.807) is 18.1 Å². The second-order valence-corrected chi connectivity index (χ2v) is 5.99. The molecule has 1 atom stereocenters. The van der Waals surface area contributed by atoms with Crippen LogP contribution in [0.1, 0.15) is 22.9 Å². The number of amides is 2. The van der Waals surface area contributed by atoms with Crippen LogP contribution >= 0.6 is 0 Å². The maximum atomic E-state index is 12.1. The van der Waals surface area contributed by atoms with Gasteiger partial charge in [-0.15, -0.1) is 0 Å². The predicted octanol–water partition coefficient (Wildman–Crippen LogP) is 1.21. The van der Waals surface area contributed by atoms with Crippen molar-refractivity contribution in [3.8, 4) is 0 Å². The van der Waals surface area contributed by atoms with Crippen molar-refractivity contribution in [2.75, 3.05) is 20.1 Å². The SMILES string of the molecule is Cc1ccc(C(N)C(=O)NCC(=O)N(C)CCc2ccccn2)cc1. The minimum Gasteiger partial charge on any atom is -0.345 e. The van der Waals surface area contributed by atoms with E-state index < -0.39 is 6.04 Å². The molecule has 2 rings (SSSR count). The van der Waals surface area contributed by atoms with Crippen molar-refractivity contribution < 1.29 is 9.59 Å². The summed E-state index contributed by atoms with van der Waals surface area (Å²) in [6, 6.07) is 12.3. The first-order valence-electron chi connectivity index (χ1n) is 8.21. The number of aromatic nitrogens is 1. The van der Waals surface area contributed by atoms with E-state index in [0.29, 0.717) is 13.0 Å². The number of benzene rings is 1. The molecule has 2 aromatic rings. The van der Waals surface area contributed by atoms with Crippen molar-refractivity contribution in [3.05, 3.63) is 65.5 Å². The Hall–Kier alpha value is -2.73. The molecule has 6 nitrogen and oxygen atoms in total. The van der Waals surface area contributed by atoms with Gasteiger partial charge in [0.1, 0.15) is 6.04 Å². The number of rotatable bonds is 7. The van der Waals surface area contributed by atoms with Gasteiger partial charge >= 0.3 is 0 Å². The molecular weight excluding hydrogens is 316 g/mol. The summed E-state index contributed by atoms with van der Waals surface area (Å²) in [5.41, 5.74) is 8.68. The van der Waals surface area contributed by atoms with E-state index in [0.717, 1.165) is 16.8 Å². The van der Waals surface area contributed by atoms with Crippen LogP contribution in [0.15, 0.2) is 48.7 Å². The number of likely N-dealkylation sites (N-methyl/N-ethyl adjacent to an activating group) is 1. The summed E-state index contributed by atoms with van der Waals surface area (Å²) in [6.45, 7) is 2.43. The fraction of sp³-hybridized carbons (Fsp3) is 0.316. The molecule has 2 amide bonds. The number of nitrogens with zero attached hydrogens (tertiary/aromatic N) is 2. The van der Waals surface area contributed by atoms with Crippen molar-refractivity contribution in [3.63, 3.8) is 0 Å². The van der Waals surface area contributed by atoms with E-state index in [-0.39, 0.29) is 18.4 Å². The van der Waals surface area contributed by atoms with Crippen molar-refractivity contribution in [1.29, 1.82) is 0 Å². The highest BCUT2D eigenvalue weighted by atomic mass is 16.2. The molecule has 132 valence electrons. The number of nitrogens with one attached hydrogen (secondary N) is 1. The fourth-order valence-electron chi connectivity index (χ4n) is 2.29. The molecule has 6 heteroatoms. The Kier molecular flexibility index (Phi) is 6.65. The lowest BCUT2D eigenvalue weighted by Crippen LogP contribution is -2.42. The third-order valence-electron chi connectivity index (χ3n) is 3.99. The Labute approximate surface area is 148 Å². The van der Waals surface area contributed by atoms with Crippen LogP contribution < -0.4 is 11.1 Å². The standard InChI is InChI=1S/C19H24N4O2/c1-14-6-8-15(9-7-14)18(20)19(25)22-13-17(24)23(2)12-10-16-5-3-4-11-21-16/h3-9,11,18H,10,12-13,20H2,1-2H3,(H,22,25). The molecule has 0 spiro atoms. The van der Waals surface area contributed by atoms with Crippen LogP contribution in [-0.4, -0.2) is 41.8 Å². The maximum Gasteiger partial charge on any atom is 0.241 e. The zero-order valence-corrected chi connectivity index (χ0v) is 14.6. The summed E-state index contributed by atoms with van der Waals surface area (Å²) in [4.78, 5) is 30.0. The summed E-state index contributed by atoms with van der Waals surface area (Å²) in [5.74, 6) is -0.532. The minimum atomic E-state index is -0.785. The lowest BCUT2D eigenvalue weighted by molar-refractivity contribution is -0.132. The lowest BCUT2D eigenvalue weighted by Gasteiger charge is -2.18. The Bertz CT molecular complexity index is 701. The fourth-order valence-corrected chi connectivity index (χ4v) is 2.29. The molecule has 0 saturated heterocycles. The van der Waals surface area contributed by atoms with E-state index in [1.165, 1.54) is 0 Å². The van der Waals surface area contributed by atoms with Gasteiger partial charge < -0.3 is 16.0 Å². The van der Waals surface area contributed by atoms with E-state index >= 15 is 0 Å². The largest absolute Gasteiger partial charge is 0.345 e. The number of carbonyl (C=O) groups is 2. The number of hydrogen-bond acceptors (Lipinski definition) is 4. The number of pyridine rings is 1.